The van der Waals surface area contributed by atoms with E-state index in [0.29, 0.717) is 38.5 Å². The molecule has 0 aliphatic heterocycles. The molecule has 0 fully saturated rings. The molecule has 0 atom stereocenters. The van der Waals surface area contributed by atoms with Gasteiger partial charge in [0.2, 0.25) is 5.91 Å². The van der Waals surface area contributed by atoms with Crippen molar-refractivity contribution in [2.75, 3.05) is 5.32 Å². The topological polar surface area (TPSA) is 81.3 Å². The number of aromatic nitrogens is 4. The monoisotopic (exact) mass is 441 g/mol. The van der Waals surface area contributed by atoms with Gasteiger partial charge >= 0.3 is 5.69 Å². The predicted molar refractivity (Wildman–Crippen MR) is 117 cm³/mol. The van der Waals surface area contributed by atoms with Crippen molar-refractivity contribution in [3.8, 4) is 11.4 Å². The molecule has 30 heavy (non-hydrogen) atoms. The van der Waals surface area contributed by atoms with E-state index < -0.39 is 5.69 Å². The zero-order chi connectivity index (χ0) is 21.4. The number of nitrogens with zero attached hydrogens (tertiary/aromatic N) is 4. The van der Waals surface area contributed by atoms with Gasteiger partial charge in [-0.1, -0.05) is 29.3 Å². The predicted octanol–water partition coefficient (Wildman–Crippen LogP) is 4.12. The van der Waals surface area contributed by atoms with Crippen LogP contribution in [0.3, 0.4) is 0 Å². The smallest absolute Gasteiger partial charge is 0.324 e. The van der Waals surface area contributed by atoms with Crippen LogP contribution in [0.25, 0.3) is 17.0 Å². The van der Waals surface area contributed by atoms with Crippen molar-refractivity contribution in [3.63, 3.8) is 0 Å². The van der Waals surface area contributed by atoms with Crippen LogP contribution in [0.1, 0.15) is 11.3 Å². The summed E-state index contributed by atoms with van der Waals surface area (Å²) in [5, 5.41) is 8.22. The zero-order valence-electron chi connectivity index (χ0n) is 16.2. The Morgan fingerprint density at radius 3 is 2.57 bits per heavy atom. The highest BCUT2D eigenvalue weighted by atomic mass is 35.5. The first-order valence-electron chi connectivity index (χ1n) is 9.11. The van der Waals surface area contributed by atoms with Gasteiger partial charge in [-0.25, -0.2) is 18.9 Å². The molecule has 1 N–H and O–H groups in total. The Kier molecular flexibility index (Phi) is 5.32. The van der Waals surface area contributed by atoms with Crippen LogP contribution in [-0.4, -0.2) is 25.1 Å². The fourth-order valence-electron chi connectivity index (χ4n) is 3.12. The number of hydrogen-bond acceptors (Lipinski definition) is 4. The van der Waals surface area contributed by atoms with E-state index in [4.69, 9.17) is 23.2 Å². The molecule has 2 aromatic carbocycles. The molecule has 0 saturated carbocycles. The van der Waals surface area contributed by atoms with E-state index in [1.165, 1.54) is 4.40 Å². The Labute approximate surface area is 181 Å². The molecule has 9 heteroatoms. The molecule has 0 aliphatic carbocycles. The summed E-state index contributed by atoms with van der Waals surface area (Å²) in [6.07, 6.45) is 0. The Balaban J connectivity index is 1.71. The Morgan fingerprint density at radius 1 is 1.10 bits per heavy atom. The number of aryl methyl sites for hydroxylation is 1. The number of carbonyl (C=O) groups is 1. The molecule has 2 heterocycles. The standard InChI is InChI=1S/C21H17Cl2N5O2/c1-12-10-18-26-27(11-19(29)25-17-5-3-4-16(23)13(17)2)21(30)28(18)20(24-12)14-6-8-15(22)9-7-14/h3-10H,11H2,1-2H3,(H,25,29). The maximum atomic E-state index is 13.0. The fourth-order valence-corrected chi connectivity index (χ4v) is 3.42. The van der Waals surface area contributed by atoms with Crippen LogP contribution in [0, 0.1) is 13.8 Å². The zero-order valence-corrected chi connectivity index (χ0v) is 17.7. The average molecular weight is 442 g/mol. The van der Waals surface area contributed by atoms with Gasteiger partial charge in [0.1, 0.15) is 12.4 Å². The number of carbonyl (C=O) groups excluding carboxylic acids is 1. The number of hydrogen-bond donors (Lipinski definition) is 1. The lowest BCUT2D eigenvalue weighted by Gasteiger charge is -2.09. The van der Waals surface area contributed by atoms with Crippen molar-refractivity contribution in [3.05, 3.63) is 80.3 Å². The fraction of sp³-hybridized carbons (Fsp3) is 0.143. The van der Waals surface area contributed by atoms with Crippen molar-refractivity contribution in [1.82, 2.24) is 19.2 Å². The highest BCUT2D eigenvalue weighted by Crippen LogP contribution is 2.23. The minimum absolute atomic E-state index is 0.244. The van der Waals surface area contributed by atoms with E-state index in [2.05, 4.69) is 15.4 Å². The molecule has 0 saturated heterocycles. The minimum atomic E-state index is -0.458. The first-order chi connectivity index (χ1) is 14.3. The van der Waals surface area contributed by atoms with Gasteiger partial charge in [-0.2, -0.15) is 0 Å². The average Bonchev–Trinajstić information content (AvgIpc) is 3.00. The van der Waals surface area contributed by atoms with Crippen LogP contribution in [0.5, 0.6) is 0 Å². The van der Waals surface area contributed by atoms with Crippen LogP contribution in [0.4, 0.5) is 5.69 Å². The number of benzene rings is 2. The number of anilines is 1. The minimum Gasteiger partial charge on any atom is -0.324 e. The Morgan fingerprint density at radius 2 is 1.83 bits per heavy atom. The number of amides is 1. The van der Waals surface area contributed by atoms with E-state index in [1.807, 2.05) is 13.8 Å². The van der Waals surface area contributed by atoms with E-state index in [1.54, 1.807) is 48.5 Å². The number of fused-ring (bicyclic) bond motifs is 1. The lowest BCUT2D eigenvalue weighted by atomic mass is 10.2. The first-order valence-corrected chi connectivity index (χ1v) is 9.87. The molecule has 152 valence electrons. The van der Waals surface area contributed by atoms with E-state index >= 15 is 0 Å². The summed E-state index contributed by atoms with van der Waals surface area (Å²) in [4.78, 5) is 30.0. The summed E-state index contributed by atoms with van der Waals surface area (Å²) in [6, 6.07) is 13.9. The number of halogens is 2. The molecule has 4 aromatic rings. The van der Waals surface area contributed by atoms with Crippen LogP contribution < -0.4 is 11.0 Å². The van der Waals surface area contributed by atoms with Gasteiger partial charge in [0.05, 0.1) is 0 Å². The summed E-state index contributed by atoms with van der Waals surface area (Å²) >= 11 is 12.1. The molecule has 7 nitrogen and oxygen atoms in total. The molecule has 1 amide bonds. The van der Waals surface area contributed by atoms with E-state index in [-0.39, 0.29) is 12.5 Å². The second-order valence-corrected chi connectivity index (χ2v) is 7.67. The highest BCUT2D eigenvalue weighted by Gasteiger charge is 2.17. The van der Waals surface area contributed by atoms with Gasteiger partial charge in [0.25, 0.3) is 0 Å². The molecule has 0 spiro atoms. The molecular formula is C21H17Cl2N5O2. The van der Waals surface area contributed by atoms with Gasteiger partial charge in [0, 0.05) is 33.1 Å². The van der Waals surface area contributed by atoms with Crippen molar-refractivity contribution < 1.29 is 4.79 Å². The summed E-state index contributed by atoms with van der Waals surface area (Å²) in [5.74, 6) is 0.0487. The van der Waals surface area contributed by atoms with Crippen molar-refractivity contribution in [1.29, 1.82) is 0 Å². The van der Waals surface area contributed by atoms with Gasteiger partial charge < -0.3 is 5.32 Å². The van der Waals surface area contributed by atoms with E-state index in [9.17, 15) is 9.59 Å². The molecule has 2 aromatic heterocycles. The molecule has 0 unspecified atom stereocenters. The van der Waals surface area contributed by atoms with Gasteiger partial charge in [-0.15, -0.1) is 5.10 Å². The molecule has 4 rings (SSSR count). The molecule has 0 radical (unpaired) electrons. The summed E-state index contributed by atoms with van der Waals surface area (Å²) in [5.41, 5.74) is 2.70. The maximum absolute atomic E-state index is 13.0. The maximum Gasteiger partial charge on any atom is 0.352 e. The number of nitrogens with one attached hydrogen (secondary N) is 1. The first kappa shape index (κ1) is 20.1. The largest absolute Gasteiger partial charge is 0.352 e. The normalized spacial score (nSPS) is 11.1. The molecule has 0 bridgehead atoms. The second kappa shape index (κ2) is 7.93. The van der Waals surface area contributed by atoms with Crippen LogP contribution in [0.2, 0.25) is 10.0 Å². The van der Waals surface area contributed by atoms with Crippen LogP contribution in [0.15, 0.2) is 53.3 Å². The highest BCUT2D eigenvalue weighted by molar-refractivity contribution is 6.31. The van der Waals surface area contributed by atoms with Gasteiger partial charge in [-0.05, 0) is 55.8 Å². The lowest BCUT2D eigenvalue weighted by molar-refractivity contribution is -0.117. The van der Waals surface area contributed by atoms with Gasteiger partial charge in [-0.3, -0.25) is 4.79 Å². The summed E-state index contributed by atoms with van der Waals surface area (Å²) < 4.78 is 2.50. The third-order valence-corrected chi connectivity index (χ3v) is 5.30. The van der Waals surface area contributed by atoms with E-state index in [0.717, 1.165) is 10.2 Å². The third-order valence-electron chi connectivity index (χ3n) is 4.63. The Bertz CT molecular complexity index is 1330. The summed E-state index contributed by atoms with van der Waals surface area (Å²) in [6.45, 7) is 3.38. The van der Waals surface area contributed by atoms with Crippen LogP contribution >= 0.6 is 23.2 Å². The van der Waals surface area contributed by atoms with Crippen LogP contribution in [-0.2, 0) is 11.3 Å². The molecule has 0 aliphatic rings. The second-order valence-electron chi connectivity index (χ2n) is 6.82. The number of rotatable bonds is 4. The van der Waals surface area contributed by atoms with Crippen molar-refractivity contribution in [2.24, 2.45) is 0 Å². The Hall–Kier alpha value is -3.16. The molecular weight excluding hydrogens is 425 g/mol. The summed E-state index contributed by atoms with van der Waals surface area (Å²) in [7, 11) is 0. The third kappa shape index (κ3) is 3.81. The van der Waals surface area contributed by atoms with Gasteiger partial charge in [0.15, 0.2) is 5.65 Å². The van der Waals surface area contributed by atoms with Crippen molar-refractivity contribution >= 4 is 40.4 Å². The lowest BCUT2D eigenvalue weighted by Crippen LogP contribution is -2.29. The van der Waals surface area contributed by atoms with Crippen molar-refractivity contribution in [2.45, 2.75) is 20.4 Å². The SMILES string of the molecule is Cc1cc2nn(CC(=O)Nc3cccc(Cl)c3C)c(=O)n2c(-c2ccc(Cl)cc2)n1. The quantitative estimate of drug-likeness (QED) is 0.516.